The molecular weight excluding hydrogens is 225 g/mol. The summed E-state index contributed by atoms with van der Waals surface area (Å²) in [4.78, 5) is 15.6. The van der Waals surface area contributed by atoms with Gasteiger partial charge in [-0.2, -0.15) is 4.98 Å². The smallest absolute Gasteiger partial charge is 0.258 e. The Kier molecular flexibility index (Phi) is 2.86. The summed E-state index contributed by atoms with van der Waals surface area (Å²) >= 11 is 0. The molecule has 1 heterocycles. The molecule has 1 aromatic carbocycles. The summed E-state index contributed by atoms with van der Waals surface area (Å²) in [6, 6.07) is 3.81. The highest BCUT2D eigenvalue weighted by Crippen LogP contribution is 2.22. The second-order valence-corrected chi connectivity index (χ2v) is 3.42. The number of carbonyl (C=O) groups excluding carboxylic acids is 1. The van der Waals surface area contributed by atoms with Crippen LogP contribution in [-0.2, 0) is 0 Å². The molecule has 0 radical (unpaired) electrons. The minimum absolute atomic E-state index is 0.163. The molecule has 0 saturated carbocycles. The maximum absolute atomic E-state index is 13.1. The summed E-state index contributed by atoms with van der Waals surface area (Å²) in [5.74, 6) is -0.257. The molecule has 0 fully saturated rings. The van der Waals surface area contributed by atoms with Crippen LogP contribution in [0.25, 0.3) is 11.5 Å². The predicted molar refractivity (Wildman–Crippen MR) is 57.8 cm³/mol. The Morgan fingerprint density at radius 1 is 1.47 bits per heavy atom. The minimum Gasteiger partial charge on any atom is -0.355 e. The van der Waals surface area contributed by atoms with Crippen LogP contribution in [0.15, 0.2) is 22.7 Å². The van der Waals surface area contributed by atoms with Crippen LogP contribution >= 0.6 is 0 Å². The van der Waals surface area contributed by atoms with Crippen LogP contribution in [0, 0.1) is 12.7 Å². The molecule has 5 nitrogen and oxygen atoms in total. The summed E-state index contributed by atoms with van der Waals surface area (Å²) in [5, 5.41) is 6.06. The Bertz CT molecular complexity index is 566. The van der Waals surface area contributed by atoms with E-state index in [1.165, 1.54) is 19.2 Å². The second-order valence-electron chi connectivity index (χ2n) is 3.42. The lowest BCUT2D eigenvalue weighted by Crippen LogP contribution is -2.19. The Balaban J connectivity index is 2.57. The predicted octanol–water partition coefficient (Wildman–Crippen LogP) is 1.54. The van der Waals surface area contributed by atoms with Crippen molar-refractivity contribution in [2.45, 2.75) is 6.92 Å². The molecular formula is C11H10FN3O2. The van der Waals surface area contributed by atoms with Gasteiger partial charge < -0.3 is 9.84 Å². The Morgan fingerprint density at radius 3 is 2.82 bits per heavy atom. The number of hydrogen-bond donors (Lipinski definition) is 1. The molecule has 88 valence electrons. The first-order valence-corrected chi connectivity index (χ1v) is 4.94. The van der Waals surface area contributed by atoms with Crippen LogP contribution in [0.5, 0.6) is 0 Å². The van der Waals surface area contributed by atoms with Crippen molar-refractivity contribution in [3.05, 3.63) is 35.4 Å². The molecule has 17 heavy (non-hydrogen) atoms. The number of amides is 1. The Hall–Kier alpha value is -2.24. The first-order chi connectivity index (χ1) is 8.11. The van der Waals surface area contributed by atoms with Crippen LogP contribution in [0.4, 0.5) is 4.39 Å². The van der Waals surface area contributed by atoms with E-state index in [0.717, 1.165) is 6.07 Å². The van der Waals surface area contributed by atoms with E-state index < -0.39 is 11.7 Å². The van der Waals surface area contributed by atoms with E-state index in [2.05, 4.69) is 15.5 Å². The van der Waals surface area contributed by atoms with Crippen molar-refractivity contribution in [3.63, 3.8) is 0 Å². The van der Waals surface area contributed by atoms with Crippen molar-refractivity contribution < 1.29 is 13.7 Å². The maximum Gasteiger partial charge on any atom is 0.258 e. The standard InChI is InChI=1S/C11H10FN3O2/c1-6-14-11(17-15-6)8-4-3-7(12)5-9(8)10(16)13-2/h3-5H,1-2H3,(H,13,16). The second kappa shape index (κ2) is 4.32. The van der Waals surface area contributed by atoms with E-state index in [4.69, 9.17) is 4.52 Å². The summed E-state index contributed by atoms with van der Waals surface area (Å²) < 4.78 is 18.1. The van der Waals surface area contributed by atoms with E-state index in [9.17, 15) is 9.18 Å². The maximum atomic E-state index is 13.1. The largest absolute Gasteiger partial charge is 0.355 e. The van der Waals surface area contributed by atoms with E-state index >= 15 is 0 Å². The van der Waals surface area contributed by atoms with E-state index in [1.54, 1.807) is 6.92 Å². The fourth-order valence-electron chi connectivity index (χ4n) is 1.43. The molecule has 0 spiro atoms. The SMILES string of the molecule is CNC(=O)c1cc(F)ccc1-c1nc(C)no1. The molecule has 1 N–H and O–H groups in total. The molecule has 2 rings (SSSR count). The number of aryl methyl sites for hydroxylation is 1. The monoisotopic (exact) mass is 235 g/mol. The van der Waals surface area contributed by atoms with Gasteiger partial charge in [-0.05, 0) is 25.1 Å². The van der Waals surface area contributed by atoms with Gasteiger partial charge >= 0.3 is 0 Å². The molecule has 6 heteroatoms. The lowest BCUT2D eigenvalue weighted by atomic mass is 10.1. The Morgan fingerprint density at radius 2 is 2.24 bits per heavy atom. The normalized spacial score (nSPS) is 10.3. The van der Waals surface area contributed by atoms with Gasteiger partial charge in [-0.25, -0.2) is 4.39 Å². The topological polar surface area (TPSA) is 68.0 Å². The summed E-state index contributed by atoms with van der Waals surface area (Å²) in [5.41, 5.74) is 0.572. The number of hydrogen-bond acceptors (Lipinski definition) is 4. The lowest BCUT2D eigenvalue weighted by Gasteiger charge is -2.04. The third-order valence-corrected chi connectivity index (χ3v) is 2.21. The van der Waals surface area contributed by atoms with Gasteiger partial charge in [-0.1, -0.05) is 5.16 Å². The van der Waals surface area contributed by atoms with Crippen LogP contribution in [0.1, 0.15) is 16.2 Å². The molecule has 0 saturated heterocycles. The van der Waals surface area contributed by atoms with Crippen LogP contribution < -0.4 is 5.32 Å². The number of benzene rings is 1. The van der Waals surface area contributed by atoms with Gasteiger partial charge in [0, 0.05) is 7.05 Å². The highest BCUT2D eigenvalue weighted by Gasteiger charge is 2.17. The third kappa shape index (κ3) is 2.15. The number of carbonyl (C=O) groups is 1. The lowest BCUT2D eigenvalue weighted by molar-refractivity contribution is 0.0963. The molecule has 0 unspecified atom stereocenters. The molecule has 0 atom stereocenters. The van der Waals surface area contributed by atoms with Gasteiger partial charge in [0.1, 0.15) is 5.82 Å². The molecule has 1 aromatic heterocycles. The van der Waals surface area contributed by atoms with E-state index in [-0.39, 0.29) is 11.5 Å². The van der Waals surface area contributed by atoms with Crippen molar-refractivity contribution in [2.75, 3.05) is 7.05 Å². The van der Waals surface area contributed by atoms with Crippen LogP contribution in [0.3, 0.4) is 0 Å². The van der Waals surface area contributed by atoms with Crippen molar-refractivity contribution in [2.24, 2.45) is 0 Å². The molecule has 1 amide bonds. The number of aromatic nitrogens is 2. The van der Waals surface area contributed by atoms with Crippen molar-refractivity contribution in [3.8, 4) is 11.5 Å². The van der Waals surface area contributed by atoms with Crippen molar-refractivity contribution in [1.82, 2.24) is 15.5 Å². The number of rotatable bonds is 2. The Labute approximate surface area is 96.6 Å². The van der Waals surface area contributed by atoms with E-state index in [1.807, 2.05) is 0 Å². The van der Waals surface area contributed by atoms with Gasteiger partial charge in [0.25, 0.3) is 11.8 Å². The number of halogens is 1. The van der Waals surface area contributed by atoms with Crippen LogP contribution in [0.2, 0.25) is 0 Å². The molecule has 0 aliphatic rings. The quantitative estimate of drug-likeness (QED) is 0.857. The molecule has 0 aliphatic carbocycles. The van der Waals surface area contributed by atoms with Crippen molar-refractivity contribution in [1.29, 1.82) is 0 Å². The molecule has 0 aliphatic heterocycles. The van der Waals surface area contributed by atoms with Gasteiger partial charge in [0.15, 0.2) is 5.82 Å². The zero-order valence-electron chi connectivity index (χ0n) is 9.32. The number of nitrogens with one attached hydrogen (secondary N) is 1. The summed E-state index contributed by atoms with van der Waals surface area (Å²) in [7, 11) is 1.47. The highest BCUT2D eigenvalue weighted by molar-refractivity contribution is 5.99. The average Bonchev–Trinajstić information content (AvgIpc) is 2.74. The van der Waals surface area contributed by atoms with Gasteiger partial charge in [-0.3, -0.25) is 4.79 Å². The van der Waals surface area contributed by atoms with Crippen LogP contribution in [-0.4, -0.2) is 23.1 Å². The van der Waals surface area contributed by atoms with Crippen molar-refractivity contribution >= 4 is 5.91 Å². The van der Waals surface area contributed by atoms with Gasteiger partial charge in [0.2, 0.25) is 0 Å². The zero-order valence-corrected chi connectivity index (χ0v) is 9.32. The zero-order chi connectivity index (χ0) is 12.4. The molecule has 2 aromatic rings. The fourth-order valence-corrected chi connectivity index (χ4v) is 1.43. The first-order valence-electron chi connectivity index (χ1n) is 4.94. The third-order valence-electron chi connectivity index (χ3n) is 2.21. The summed E-state index contributed by atoms with van der Waals surface area (Å²) in [6.07, 6.45) is 0. The highest BCUT2D eigenvalue weighted by atomic mass is 19.1. The summed E-state index contributed by atoms with van der Waals surface area (Å²) in [6.45, 7) is 1.66. The van der Waals surface area contributed by atoms with E-state index in [0.29, 0.717) is 11.4 Å². The first kappa shape index (κ1) is 11.3. The average molecular weight is 235 g/mol. The van der Waals surface area contributed by atoms with Gasteiger partial charge in [0.05, 0.1) is 11.1 Å². The minimum atomic E-state index is -0.497. The fraction of sp³-hybridized carbons (Fsp3) is 0.182. The number of nitrogens with zero attached hydrogens (tertiary/aromatic N) is 2. The molecule has 0 bridgehead atoms. The van der Waals surface area contributed by atoms with Gasteiger partial charge in [-0.15, -0.1) is 0 Å².